The van der Waals surface area contributed by atoms with Crippen molar-refractivity contribution in [1.82, 2.24) is 5.32 Å². The van der Waals surface area contributed by atoms with Crippen LogP contribution in [-0.2, 0) is 9.53 Å². The predicted molar refractivity (Wildman–Crippen MR) is 93.8 cm³/mol. The quantitative estimate of drug-likeness (QED) is 0.823. The summed E-state index contributed by atoms with van der Waals surface area (Å²) < 4.78 is 5.12. The summed E-state index contributed by atoms with van der Waals surface area (Å²) in [4.78, 5) is 24.1. The van der Waals surface area contributed by atoms with Gasteiger partial charge in [0, 0.05) is 0 Å². The third-order valence-electron chi connectivity index (χ3n) is 3.92. The van der Waals surface area contributed by atoms with Crippen LogP contribution in [0.25, 0.3) is 0 Å². The van der Waals surface area contributed by atoms with Crippen LogP contribution in [0.3, 0.4) is 0 Å². The number of amides is 1. The Hall–Kier alpha value is -2.62. The van der Waals surface area contributed by atoms with E-state index in [4.69, 9.17) is 4.74 Å². The first-order valence-electron chi connectivity index (χ1n) is 8.10. The van der Waals surface area contributed by atoms with Crippen LogP contribution in [-0.4, -0.2) is 18.5 Å². The number of aryl methyl sites for hydroxylation is 2. The first-order valence-corrected chi connectivity index (χ1v) is 8.10. The lowest BCUT2D eigenvalue weighted by Gasteiger charge is -2.17. The van der Waals surface area contributed by atoms with Crippen molar-refractivity contribution in [3.63, 3.8) is 0 Å². The molecule has 2 aromatic rings. The number of carbonyl (C=O) groups excluding carboxylic acids is 2. The van der Waals surface area contributed by atoms with E-state index in [1.54, 1.807) is 12.1 Å². The van der Waals surface area contributed by atoms with Crippen LogP contribution >= 0.6 is 0 Å². The average Bonchev–Trinajstić information content (AvgIpc) is 2.59. The standard InChI is InChI=1S/C20H23NO3/c1-4-18(16-11-9-14(2)10-12-16)21-19(22)13-24-20(23)17-8-6-5-7-15(17)3/h5-12,18H,4,13H2,1-3H3,(H,21,22)/t18-/m1/s1. The van der Waals surface area contributed by atoms with Gasteiger partial charge < -0.3 is 10.1 Å². The Kier molecular flexibility index (Phi) is 6.13. The largest absolute Gasteiger partial charge is 0.452 e. The van der Waals surface area contributed by atoms with Crippen molar-refractivity contribution in [2.75, 3.05) is 6.61 Å². The average molecular weight is 325 g/mol. The second-order valence-corrected chi connectivity index (χ2v) is 5.83. The third kappa shape index (κ3) is 4.69. The van der Waals surface area contributed by atoms with Gasteiger partial charge in [-0.2, -0.15) is 0 Å². The fourth-order valence-corrected chi connectivity index (χ4v) is 2.47. The highest BCUT2D eigenvalue weighted by Crippen LogP contribution is 2.17. The van der Waals surface area contributed by atoms with Crippen molar-refractivity contribution >= 4 is 11.9 Å². The maximum atomic E-state index is 12.1. The smallest absolute Gasteiger partial charge is 0.338 e. The van der Waals surface area contributed by atoms with Crippen LogP contribution in [0.4, 0.5) is 0 Å². The molecule has 0 aromatic heterocycles. The molecule has 4 heteroatoms. The molecule has 0 heterocycles. The van der Waals surface area contributed by atoms with Crippen molar-refractivity contribution in [3.05, 3.63) is 70.8 Å². The summed E-state index contributed by atoms with van der Waals surface area (Å²) in [5.74, 6) is -0.781. The number of esters is 1. The van der Waals surface area contributed by atoms with Crippen molar-refractivity contribution in [2.24, 2.45) is 0 Å². The molecule has 0 radical (unpaired) electrons. The minimum absolute atomic E-state index is 0.0877. The van der Waals surface area contributed by atoms with E-state index in [9.17, 15) is 9.59 Å². The van der Waals surface area contributed by atoms with Crippen LogP contribution in [0, 0.1) is 13.8 Å². The summed E-state index contributed by atoms with van der Waals surface area (Å²) in [5.41, 5.74) is 3.53. The molecule has 2 rings (SSSR count). The fraction of sp³-hybridized carbons (Fsp3) is 0.300. The molecule has 0 saturated heterocycles. The van der Waals surface area contributed by atoms with Crippen molar-refractivity contribution in [3.8, 4) is 0 Å². The first kappa shape index (κ1) is 17.7. The van der Waals surface area contributed by atoms with E-state index in [1.807, 2.05) is 57.2 Å². The number of ether oxygens (including phenoxy) is 1. The molecule has 0 aliphatic carbocycles. The van der Waals surface area contributed by atoms with Crippen LogP contribution in [0.1, 0.15) is 46.4 Å². The Morgan fingerprint density at radius 3 is 2.33 bits per heavy atom. The second kappa shape index (κ2) is 8.29. The van der Waals surface area contributed by atoms with Crippen molar-refractivity contribution in [2.45, 2.75) is 33.2 Å². The molecule has 24 heavy (non-hydrogen) atoms. The summed E-state index contributed by atoms with van der Waals surface area (Å²) in [6.07, 6.45) is 0.764. The van der Waals surface area contributed by atoms with E-state index in [2.05, 4.69) is 5.32 Å². The summed E-state index contributed by atoms with van der Waals surface area (Å²) in [6.45, 7) is 5.58. The lowest BCUT2D eigenvalue weighted by Crippen LogP contribution is -2.32. The molecule has 1 atom stereocenters. The van der Waals surface area contributed by atoms with Gasteiger partial charge in [-0.15, -0.1) is 0 Å². The highest BCUT2D eigenvalue weighted by atomic mass is 16.5. The van der Waals surface area contributed by atoms with Gasteiger partial charge in [-0.25, -0.2) is 4.79 Å². The Morgan fingerprint density at radius 2 is 1.71 bits per heavy atom. The van der Waals surface area contributed by atoms with Gasteiger partial charge in [-0.05, 0) is 37.5 Å². The van der Waals surface area contributed by atoms with Gasteiger partial charge in [0.1, 0.15) is 0 Å². The molecule has 0 bridgehead atoms. The molecule has 1 amide bonds. The molecule has 0 aliphatic rings. The van der Waals surface area contributed by atoms with Gasteiger partial charge in [-0.3, -0.25) is 4.79 Å². The van der Waals surface area contributed by atoms with Gasteiger partial charge in [0.2, 0.25) is 0 Å². The number of hydrogen-bond acceptors (Lipinski definition) is 3. The minimum Gasteiger partial charge on any atom is -0.452 e. The van der Waals surface area contributed by atoms with Crippen molar-refractivity contribution in [1.29, 1.82) is 0 Å². The zero-order valence-electron chi connectivity index (χ0n) is 14.3. The summed E-state index contributed by atoms with van der Waals surface area (Å²) >= 11 is 0. The molecule has 0 spiro atoms. The molecule has 0 fully saturated rings. The topological polar surface area (TPSA) is 55.4 Å². The van der Waals surface area contributed by atoms with Crippen LogP contribution in [0.2, 0.25) is 0 Å². The number of carbonyl (C=O) groups is 2. The van der Waals surface area contributed by atoms with Crippen LogP contribution in [0.15, 0.2) is 48.5 Å². The summed E-state index contributed by atoms with van der Waals surface area (Å²) in [7, 11) is 0. The molecule has 1 N–H and O–H groups in total. The van der Waals surface area contributed by atoms with Gasteiger partial charge in [0.15, 0.2) is 6.61 Å². The van der Waals surface area contributed by atoms with Gasteiger partial charge in [0.05, 0.1) is 11.6 Å². The lowest BCUT2D eigenvalue weighted by molar-refractivity contribution is -0.125. The van der Waals surface area contributed by atoms with Crippen LogP contribution in [0.5, 0.6) is 0 Å². The highest BCUT2D eigenvalue weighted by Gasteiger charge is 2.15. The van der Waals surface area contributed by atoms with Gasteiger partial charge in [-0.1, -0.05) is 55.0 Å². The maximum absolute atomic E-state index is 12.1. The van der Waals surface area contributed by atoms with Gasteiger partial charge in [0.25, 0.3) is 5.91 Å². The Bertz CT molecular complexity index is 707. The van der Waals surface area contributed by atoms with E-state index in [1.165, 1.54) is 5.56 Å². The van der Waals surface area contributed by atoms with E-state index in [-0.39, 0.29) is 18.6 Å². The highest BCUT2D eigenvalue weighted by molar-refractivity contribution is 5.92. The lowest BCUT2D eigenvalue weighted by atomic mass is 10.0. The fourth-order valence-electron chi connectivity index (χ4n) is 2.47. The second-order valence-electron chi connectivity index (χ2n) is 5.83. The number of rotatable bonds is 6. The van der Waals surface area contributed by atoms with E-state index >= 15 is 0 Å². The molecule has 126 valence electrons. The summed E-state index contributed by atoms with van der Waals surface area (Å²) in [6, 6.07) is 15.1. The molecule has 4 nitrogen and oxygen atoms in total. The monoisotopic (exact) mass is 325 g/mol. The minimum atomic E-state index is -0.480. The SMILES string of the molecule is CC[C@@H](NC(=O)COC(=O)c1ccccc1C)c1ccc(C)cc1. The number of nitrogens with one attached hydrogen (secondary N) is 1. The summed E-state index contributed by atoms with van der Waals surface area (Å²) in [5, 5.41) is 2.91. The zero-order chi connectivity index (χ0) is 17.5. The maximum Gasteiger partial charge on any atom is 0.338 e. The molecule has 0 unspecified atom stereocenters. The third-order valence-corrected chi connectivity index (χ3v) is 3.92. The Labute approximate surface area is 142 Å². The number of benzene rings is 2. The molecule has 0 aliphatic heterocycles. The van der Waals surface area contributed by atoms with Crippen LogP contribution < -0.4 is 5.32 Å². The Balaban J connectivity index is 1.91. The number of hydrogen-bond donors (Lipinski definition) is 1. The van der Waals surface area contributed by atoms with E-state index < -0.39 is 5.97 Å². The molecule has 2 aromatic carbocycles. The molecule has 0 saturated carbocycles. The molecular formula is C20H23NO3. The van der Waals surface area contributed by atoms with Gasteiger partial charge >= 0.3 is 5.97 Å². The molecular weight excluding hydrogens is 302 g/mol. The predicted octanol–water partition coefficient (Wildman–Crippen LogP) is 3.73. The zero-order valence-corrected chi connectivity index (χ0v) is 14.3. The van der Waals surface area contributed by atoms with Crippen molar-refractivity contribution < 1.29 is 14.3 Å². The normalized spacial score (nSPS) is 11.6. The van der Waals surface area contributed by atoms with E-state index in [0.29, 0.717) is 5.56 Å². The first-order chi connectivity index (χ1) is 11.5. The van der Waals surface area contributed by atoms with E-state index in [0.717, 1.165) is 17.5 Å². The Morgan fingerprint density at radius 1 is 1.04 bits per heavy atom.